The van der Waals surface area contributed by atoms with Crippen molar-refractivity contribution < 1.29 is 9.78 Å². The standard InChI is InChI=1S/C6H5NO/c8-5-6-3-1-2-4-7-6/h1-5H/p+1. The molecule has 0 aliphatic heterocycles. The number of pyridine rings is 1. The van der Waals surface area contributed by atoms with Crippen molar-refractivity contribution in [1.82, 2.24) is 0 Å². The van der Waals surface area contributed by atoms with E-state index >= 15 is 0 Å². The Bertz CT molecular complexity index is 171. The Morgan fingerprint density at radius 1 is 1.50 bits per heavy atom. The zero-order valence-corrected chi connectivity index (χ0v) is 4.29. The summed E-state index contributed by atoms with van der Waals surface area (Å²) in [6.45, 7) is 0. The molecule has 1 rings (SSSR count). The van der Waals surface area contributed by atoms with Crippen LogP contribution < -0.4 is 4.98 Å². The van der Waals surface area contributed by atoms with Gasteiger partial charge in [0.25, 0.3) is 0 Å². The molecule has 1 heterocycles. The normalized spacial score (nSPS) is 8.50. The minimum Gasteiger partial charge on any atom is -0.291 e. The van der Waals surface area contributed by atoms with Crippen LogP contribution in [0.3, 0.4) is 0 Å². The highest BCUT2D eigenvalue weighted by Gasteiger charge is 1.90. The molecule has 0 amide bonds. The summed E-state index contributed by atoms with van der Waals surface area (Å²) in [5.41, 5.74) is 0.604. The zero-order valence-electron chi connectivity index (χ0n) is 4.29. The Morgan fingerprint density at radius 2 is 2.38 bits per heavy atom. The first-order valence-corrected chi connectivity index (χ1v) is 2.35. The molecule has 0 saturated heterocycles. The molecule has 0 radical (unpaired) electrons. The molecule has 8 heavy (non-hydrogen) atoms. The highest BCUT2D eigenvalue weighted by molar-refractivity contribution is 5.68. The number of aromatic amines is 1. The van der Waals surface area contributed by atoms with Crippen molar-refractivity contribution in [2.75, 3.05) is 0 Å². The number of nitrogens with one attached hydrogen (secondary N) is 1. The van der Waals surface area contributed by atoms with Gasteiger partial charge in [-0.15, -0.1) is 0 Å². The average molecular weight is 108 g/mol. The van der Waals surface area contributed by atoms with Gasteiger partial charge in [0.2, 0.25) is 12.0 Å². The molecule has 0 atom stereocenters. The fourth-order valence-electron chi connectivity index (χ4n) is 0.481. The van der Waals surface area contributed by atoms with E-state index in [1.54, 1.807) is 18.3 Å². The quantitative estimate of drug-likeness (QED) is 0.476. The first kappa shape index (κ1) is 4.97. The topological polar surface area (TPSA) is 31.2 Å². The number of aldehydes is 1. The van der Waals surface area contributed by atoms with Crippen molar-refractivity contribution in [2.45, 2.75) is 0 Å². The lowest BCUT2D eigenvalue weighted by molar-refractivity contribution is -0.380. The number of H-pyrrole nitrogens is 1. The summed E-state index contributed by atoms with van der Waals surface area (Å²) in [7, 11) is 0. The third-order valence-electron chi connectivity index (χ3n) is 0.860. The van der Waals surface area contributed by atoms with Crippen molar-refractivity contribution in [1.29, 1.82) is 0 Å². The van der Waals surface area contributed by atoms with Crippen LogP contribution in [0.1, 0.15) is 10.5 Å². The van der Waals surface area contributed by atoms with E-state index in [1.807, 2.05) is 6.07 Å². The second kappa shape index (κ2) is 2.21. The lowest BCUT2D eigenvalue weighted by Gasteiger charge is -1.74. The number of hydrogen-bond donors (Lipinski definition) is 0. The van der Waals surface area contributed by atoms with E-state index in [4.69, 9.17) is 0 Å². The van der Waals surface area contributed by atoms with Gasteiger partial charge in [-0.3, -0.25) is 4.79 Å². The van der Waals surface area contributed by atoms with Gasteiger partial charge in [-0.1, -0.05) is 0 Å². The van der Waals surface area contributed by atoms with Crippen LogP contribution in [0.25, 0.3) is 0 Å². The van der Waals surface area contributed by atoms with Crippen LogP contribution in [0.4, 0.5) is 0 Å². The summed E-state index contributed by atoms with van der Waals surface area (Å²) in [5, 5.41) is 0. The van der Waals surface area contributed by atoms with Gasteiger partial charge >= 0.3 is 0 Å². The van der Waals surface area contributed by atoms with Gasteiger partial charge in [-0.2, -0.15) is 0 Å². The minimum atomic E-state index is 0.604. The molecule has 0 aliphatic rings. The number of carbonyl (C=O) groups excluding carboxylic acids is 1. The zero-order chi connectivity index (χ0) is 5.82. The maximum Gasteiger partial charge on any atom is 0.243 e. The van der Waals surface area contributed by atoms with Crippen molar-refractivity contribution >= 4 is 6.29 Å². The number of hydrogen-bond acceptors (Lipinski definition) is 1. The molecule has 2 nitrogen and oxygen atoms in total. The Morgan fingerprint density at radius 3 is 2.75 bits per heavy atom. The maximum absolute atomic E-state index is 9.98. The molecule has 0 unspecified atom stereocenters. The molecule has 40 valence electrons. The molecule has 0 aromatic carbocycles. The van der Waals surface area contributed by atoms with Gasteiger partial charge in [-0.05, 0) is 6.07 Å². The van der Waals surface area contributed by atoms with Crippen molar-refractivity contribution in [3.63, 3.8) is 0 Å². The van der Waals surface area contributed by atoms with Gasteiger partial charge in [0.15, 0.2) is 6.20 Å². The van der Waals surface area contributed by atoms with Crippen LogP contribution in [-0.4, -0.2) is 6.29 Å². The summed E-state index contributed by atoms with van der Waals surface area (Å²) in [5.74, 6) is 0. The molecule has 0 saturated carbocycles. The Labute approximate surface area is 47.2 Å². The molecule has 0 fully saturated rings. The third kappa shape index (κ3) is 0.904. The smallest absolute Gasteiger partial charge is 0.243 e. The molecule has 1 aromatic heterocycles. The Kier molecular flexibility index (Phi) is 1.37. The number of aromatic nitrogens is 1. The first-order chi connectivity index (χ1) is 3.93. The van der Waals surface area contributed by atoms with E-state index in [2.05, 4.69) is 4.98 Å². The molecule has 0 aliphatic carbocycles. The van der Waals surface area contributed by atoms with Gasteiger partial charge < -0.3 is 0 Å². The molecular formula is C6H6NO+. The fourth-order valence-corrected chi connectivity index (χ4v) is 0.481. The van der Waals surface area contributed by atoms with E-state index < -0.39 is 0 Å². The summed E-state index contributed by atoms with van der Waals surface area (Å²) in [6.07, 6.45) is 2.49. The highest BCUT2D eigenvalue weighted by Crippen LogP contribution is 1.79. The van der Waals surface area contributed by atoms with Crippen molar-refractivity contribution in [3.8, 4) is 0 Å². The first-order valence-electron chi connectivity index (χ1n) is 2.35. The van der Waals surface area contributed by atoms with Gasteiger partial charge in [0, 0.05) is 12.1 Å². The fraction of sp³-hybridized carbons (Fsp3) is 0. The van der Waals surface area contributed by atoms with Crippen LogP contribution in [-0.2, 0) is 0 Å². The third-order valence-corrected chi connectivity index (χ3v) is 0.860. The van der Waals surface area contributed by atoms with Gasteiger partial charge in [0.05, 0.1) is 0 Å². The molecule has 1 N–H and O–H groups in total. The SMILES string of the molecule is O=Cc1cccc[nH+]1. The van der Waals surface area contributed by atoms with Crippen LogP contribution in [0.5, 0.6) is 0 Å². The summed E-state index contributed by atoms with van der Waals surface area (Å²) >= 11 is 0. The number of carbonyl (C=O) groups is 1. The van der Waals surface area contributed by atoms with E-state index in [1.165, 1.54) is 0 Å². The molecule has 0 spiro atoms. The lowest BCUT2D eigenvalue weighted by atomic mass is 10.4. The largest absolute Gasteiger partial charge is 0.291 e. The molecular weight excluding hydrogens is 102 g/mol. The van der Waals surface area contributed by atoms with E-state index in [9.17, 15) is 4.79 Å². The molecule has 0 bridgehead atoms. The van der Waals surface area contributed by atoms with Crippen LogP contribution in [0.15, 0.2) is 24.4 Å². The van der Waals surface area contributed by atoms with E-state index in [-0.39, 0.29) is 0 Å². The summed E-state index contributed by atoms with van der Waals surface area (Å²) < 4.78 is 0. The Balaban J connectivity index is 2.99. The second-order valence-corrected chi connectivity index (χ2v) is 1.44. The van der Waals surface area contributed by atoms with E-state index in [0.717, 1.165) is 6.29 Å². The molecule has 1 aromatic rings. The highest BCUT2D eigenvalue weighted by atomic mass is 16.1. The predicted molar refractivity (Wildman–Crippen MR) is 28.4 cm³/mol. The lowest BCUT2D eigenvalue weighted by Crippen LogP contribution is -2.06. The second-order valence-electron chi connectivity index (χ2n) is 1.44. The minimum absolute atomic E-state index is 0.604. The predicted octanol–water partition coefficient (Wildman–Crippen LogP) is 0.313. The van der Waals surface area contributed by atoms with Crippen LogP contribution in [0.2, 0.25) is 0 Å². The number of rotatable bonds is 1. The Hall–Kier alpha value is -1.18. The van der Waals surface area contributed by atoms with Crippen LogP contribution >= 0.6 is 0 Å². The van der Waals surface area contributed by atoms with Crippen LogP contribution in [0, 0.1) is 0 Å². The van der Waals surface area contributed by atoms with Gasteiger partial charge in [-0.25, -0.2) is 4.98 Å². The monoisotopic (exact) mass is 108 g/mol. The summed E-state index contributed by atoms with van der Waals surface area (Å²) in [4.78, 5) is 12.7. The van der Waals surface area contributed by atoms with Crippen molar-refractivity contribution in [3.05, 3.63) is 30.1 Å². The molecule has 2 heteroatoms. The maximum atomic E-state index is 9.98. The summed E-state index contributed by atoms with van der Waals surface area (Å²) in [6, 6.07) is 5.35. The van der Waals surface area contributed by atoms with Gasteiger partial charge in [0.1, 0.15) is 0 Å². The average Bonchev–Trinajstić information content (AvgIpc) is 1.90. The van der Waals surface area contributed by atoms with E-state index in [0.29, 0.717) is 5.69 Å². The van der Waals surface area contributed by atoms with Crippen molar-refractivity contribution in [2.24, 2.45) is 0 Å².